The Kier molecular flexibility index (Phi) is 5.86. The SMILES string of the molecule is CCC(C)N1CCN(c2ccc(N=CC3C(=O)Nc4cc(F)ccc43)cc2C)CC1. The van der Waals surface area contributed by atoms with Crippen LogP contribution in [0.25, 0.3) is 0 Å². The van der Waals surface area contributed by atoms with E-state index < -0.39 is 5.92 Å². The van der Waals surface area contributed by atoms with Crippen LogP contribution in [0.3, 0.4) is 0 Å². The van der Waals surface area contributed by atoms with Crippen LogP contribution < -0.4 is 10.2 Å². The zero-order chi connectivity index (χ0) is 21.3. The molecular weight excluding hydrogens is 379 g/mol. The lowest BCUT2D eigenvalue weighted by atomic mass is 10.0. The molecule has 0 aromatic heterocycles. The summed E-state index contributed by atoms with van der Waals surface area (Å²) in [6, 6.07) is 11.2. The number of carbonyl (C=O) groups excluding carboxylic acids is 1. The molecule has 2 aliphatic heterocycles. The van der Waals surface area contributed by atoms with Gasteiger partial charge in [-0.1, -0.05) is 13.0 Å². The van der Waals surface area contributed by atoms with Gasteiger partial charge in [-0.3, -0.25) is 14.7 Å². The van der Waals surface area contributed by atoms with Crippen LogP contribution >= 0.6 is 0 Å². The summed E-state index contributed by atoms with van der Waals surface area (Å²) in [6.07, 6.45) is 2.84. The fourth-order valence-electron chi connectivity index (χ4n) is 4.30. The predicted molar refractivity (Wildman–Crippen MR) is 121 cm³/mol. The lowest BCUT2D eigenvalue weighted by Crippen LogP contribution is -2.49. The summed E-state index contributed by atoms with van der Waals surface area (Å²) in [5, 5.41) is 2.72. The van der Waals surface area contributed by atoms with Crippen LogP contribution in [0.15, 0.2) is 41.4 Å². The topological polar surface area (TPSA) is 47.9 Å². The second-order valence-electron chi connectivity index (χ2n) is 8.23. The molecular formula is C24H29FN4O. The third-order valence-electron chi connectivity index (χ3n) is 6.31. The van der Waals surface area contributed by atoms with Crippen molar-refractivity contribution < 1.29 is 9.18 Å². The van der Waals surface area contributed by atoms with E-state index in [1.165, 1.54) is 29.8 Å². The van der Waals surface area contributed by atoms with Gasteiger partial charge in [0.05, 0.1) is 5.69 Å². The van der Waals surface area contributed by atoms with Crippen LogP contribution in [-0.4, -0.2) is 49.2 Å². The lowest BCUT2D eigenvalue weighted by molar-refractivity contribution is -0.115. The minimum atomic E-state index is -0.491. The van der Waals surface area contributed by atoms with E-state index in [-0.39, 0.29) is 11.7 Å². The first-order chi connectivity index (χ1) is 14.5. The van der Waals surface area contributed by atoms with Crippen molar-refractivity contribution in [2.75, 3.05) is 36.4 Å². The first-order valence-electron chi connectivity index (χ1n) is 10.7. The third-order valence-corrected chi connectivity index (χ3v) is 6.31. The number of hydrogen-bond acceptors (Lipinski definition) is 4. The summed E-state index contributed by atoms with van der Waals surface area (Å²) in [4.78, 5) is 21.8. The molecule has 5 nitrogen and oxygen atoms in total. The van der Waals surface area contributed by atoms with Crippen LogP contribution in [-0.2, 0) is 4.79 Å². The monoisotopic (exact) mass is 408 g/mol. The van der Waals surface area contributed by atoms with E-state index in [9.17, 15) is 9.18 Å². The summed E-state index contributed by atoms with van der Waals surface area (Å²) in [5.74, 6) is -1.02. The maximum atomic E-state index is 13.4. The van der Waals surface area contributed by atoms with Crippen molar-refractivity contribution in [3.8, 4) is 0 Å². The zero-order valence-corrected chi connectivity index (χ0v) is 17.9. The molecule has 2 heterocycles. The smallest absolute Gasteiger partial charge is 0.237 e. The molecule has 1 amide bonds. The van der Waals surface area contributed by atoms with E-state index in [0.717, 1.165) is 37.4 Å². The number of aliphatic imine (C=N–C) groups is 1. The number of halogens is 1. The van der Waals surface area contributed by atoms with Crippen LogP contribution in [0.1, 0.15) is 37.3 Å². The van der Waals surface area contributed by atoms with Gasteiger partial charge in [-0.15, -0.1) is 0 Å². The van der Waals surface area contributed by atoms with Crippen molar-refractivity contribution in [2.45, 2.75) is 39.2 Å². The summed E-state index contributed by atoms with van der Waals surface area (Å²) in [5.41, 5.74) is 4.53. The van der Waals surface area contributed by atoms with Gasteiger partial charge in [-0.25, -0.2) is 4.39 Å². The quantitative estimate of drug-likeness (QED) is 0.742. The van der Waals surface area contributed by atoms with E-state index in [0.29, 0.717) is 11.7 Å². The first kappa shape index (κ1) is 20.5. The highest BCUT2D eigenvalue weighted by atomic mass is 19.1. The van der Waals surface area contributed by atoms with Crippen molar-refractivity contribution in [3.05, 3.63) is 53.3 Å². The van der Waals surface area contributed by atoms with Gasteiger partial charge in [-0.2, -0.15) is 0 Å². The van der Waals surface area contributed by atoms with Gasteiger partial charge in [-0.05, 0) is 61.7 Å². The molecule has 0 saturated carbocycles. The molecule has 2 aromatic rings. The average Bonchev–Trinajstić information content (AvgIpc) is 3.05. The number of piperazine rings is 1. The van der Waals surface area contributed by atoms with Crippen LogP contribution in [0.2, 0.25) is 0 Å². The molecule has 6 heteroatoms. The number of amides is 1. The Bertz CT molecular complexity index is 966. The van der Waals surface area contributed by atoms with Gasteiger partial charge in [0.1, 0.15) is 11.7 Å². The number of anilines is 2. The molecule has 158 valence electrons. The summed E-state index contributed by atoms with van der Waals surface area (Å²) < 4.78 is 13.4. The van der Waals surface area contributed by atoms with Crippen molar-refractivity contribution in [3.63, 3.8) is 0 Å². The first-order valence-corrected chi connectivity index (χ1v) is 10.7. The van der Waals surface area contributed by atoms with Crippen LogP contribution in [0.5, 0.6) is 0 Å². The van der Waals surface area contributed by atoms with E-state index in [4.69, 9.17) is 0 Å². The Morgan fingerprint density at radius 1 is 1.20 bits per heavy atom. The minimum Gasteiger partial charge on any atom is -0.369 e. The normalized spacial score (nSPS) is 20.5. The molecule has 1 saturated heterocycles. The number of benzene rings is 2. The largest absolute Gasteiger partial charge is 0.369 e. The number of rotatable bonds is 5. The summed E-state index contributed by atoms with van der Waals surface area (Å²) in [7, 11) is 0. The predicted octanol–water partition coefficient (Wildman–Crippen LogP) is 4.49. The molecule has 2 unspecified atom stereocenters. The second kappa shape index (κ2) is 8.56. The zero-order valence-electron chi connectivity index (χ0n) is 17.9. The van der Waals surface area contributed by atoms with Crippen LogP contribution in [0, 0.1) is 12.7 Å². The van der Waals surface area contributed by atoms with Crippen molar-refractivity contribution >= 4 is 29.2 Å². The molecule has 0 radical (unpaired) electrons. The maximum Gasteiger partial charge on any atom is 0.237 e. The fraction of sp³-hybridized carbons (Fsp3) is 0.417. The number of nitrogens with one attached hydrogen (secondary N) is 1. The highest BCUT2D eigenvalue weighted by molar-refractivity contribution is 6.12. The summed E-state index contributed by atoms with van der Waals surface area (Å²) >= 11 is 0. The third kappa shape index (κ3) is 4.10. The molecule has 30 heavy (non-hydrogen) atoms. The van der Waals surface area contributed by atoms with E-state index in [2.05, 4.69) is 53.0 Å². The Morgan fingerprint density at radius 2 is 1.97 bits per heavy atom. The van der Waals surface area contributed by atoms with Crippen molar-refractivity contribution in [1.82, 2.24) is 4.90 Å². The highest BCUT2D eigenvalue weighted by Gasteiger charge is 2.29. The van der Waals surface area contributed by atoms with E-state index in [1.807, 2.05) is 6.07 Å². The molecule has 0 aliphatic carbocycles. The molecule has 0 bridgehead atoms. The van der Waals surface area contributed by atoms with Gasteiger partial charge in [0, 0.05) is 49.8 Å². The fourth-order valence-corrected chi connectivity index (χ4v) is 4.30. The Balaban J connectivity index is 1.45. The highest BCUT2D eigenvalue weighted by Crippen LogP contribution is 2.33. The lowest BCUT2D eigenvalue weighted by Gasteiger charge is -2.39. The minimum absolute atomic E-state index is 0.174. The van der Waals surface area contributed by atoms with E-state index in [1.54, 1.807) is 12.3 Å². The van der Waals surface area contributed by atoms with Gasteiger partial charge < -0.3 is 10.2 Å². The number of fused-ring (bicyclic) bond motifs is 1. The van der Waals surface area contributed by atoms with Gasteiger partial charge in [0.15, 0.2) is 0 Å². The van der Waals surface area contributed by atoms with Gasteiger partial charge in [0.25, 0.3) is 0 Å². The Hall–Kier alpha value is -2.73. The Morgan fingerprint density at radius 3 is 2.67 bits per heavy atom. The molecule has 2 atom stereocenters. The van der Waals surface area contributed by atoms with Gasteiger partial charge in [0.2, 0.25) is 5.91 Å². The van der Waals surface area contributed by atoms with Crippen molar-refractivity contribution in [2.24, 2.45) is 4.99 Å². The number of carbonyl (C=O) groups is 1. The standard InChI is InChI=1S/C24H29FN4O/c1-4-17(3)28-9-11-29(12-10-28)23-8-6-19(13-16(23)2)26-15-21-20-7-5-18(25)14-22(20)27-24(21)30/h5-8,13-15,17,21H,4,9-12H2,1-3H3,(H,27,30). The number of aryl methyl sites for hydroxylation is 1. The molecule has 4 rings (SSSR count). The molecule has 2 aromatic carbocycles. The molecule has 2 aliphatic rings. The molecule has 0 spiro atoms. The average molecular weight is 409 g/mol. The second-order valence-corrected chi connectivity index (χ2v) is 8.23. The van der Waals surface area contributed by atoms with Gasteiger partial charge >= 0.3 is 0 Å². The van der Waals surface area contributed by atoms with Crippen LogP contribution in [0.4, 0.5) is 21.5 Å². The Labute approximate surface area is 177 Å². The molecule has 1 N–H and O–H groups in total. The van der Waals surface area contributed by atoms with Crippen molar-refractivity contribution in [1.29, 1.82) is 0 Å². The molecule has 1 fully saturated rings. The summed E-state index contributed by atoms with van der Waals surface area (Å²) in [6.45, 7) is 10.9. The van der Waals surface area contributed by atoms with E-state index >= 15 is 0 Å². The number of nitrogens with zero attached hydrogens (tertiary/aromatic N) is 3. The maximum absolute atomic E-state index is 13.4. The number of hydrogen-bond donors (Lipinski definition) is 1.